The van der Waals surface area contributed by atoms with E-state index in [4.69, 9.17) is 5.73 Å². The summed E-state index contributed by atoms with van der Waals surface area (Å²) in [6, 6.07) is 0. The lowest BCUT2D eigenvalue weighted by molar-refractivity contribution is -0.149. The molecule has 110 valence electrons. The standard InChI is InChI=1S/C14H26N2O3/c1-11(7-6-10-15)12(17)16-14(13(18)19)8-4-2-3-5-9-14/h11H,2-10,15H2,1H3,(H,16,17)(H,18,19). The molecule has 1 atom stereocenters. The van der Waals surface area contributed by atoms with Crippen molar-refractivity contribution in [3.05, 3.63) is 0 Å². The molecule has 4 N–H and O–H groups in total. The lowest BCUT2D eigenvalue weighted by atomic mass is 9.89. The predicted octanol–water partition coefficient (Wildman–Crippen LogP) is 1.66. The van der Waals surface area contributed by atoms with Gasteiger partial charge in [0.25, 0.3) is 0 Å². The van der Waals surface area contributed by atoms with E-state index in [2.05, 4.69) is 5.32 Å². The van der Waals surface area contributed by atoms with Gasteiger partial charge in [-0.3, -0.25) is 4.79 Å². The van der Waals surface area contributed by atoms with Gasteiger partial charge in [-0.2, -0.15) is 0 Å². The van der Waals surface area contributed by atoms with Crippen LogP contribution in [0.4, 0.5) is 0 Å². The van der Waals surface area contributed by atoms with Crippen LogP contribution in [0.2, 0.25) is 0 Å². The number of carboxylic acid groups (broad SMARTS) is 1. The molecule has 0 heterocycles. The Morgan fingerprint density at radius 1 is 1.26 bits per heavy atom. The first-order chi connectivity index (χ1) is 9.02. The first kappa shape index (κ1) is 16.0. The second-order valence-corrected chi connectivity index (χ2v) is 5.62. The van der Waals surface area contributed by atoms with Crippen molar-refractivity contribution in [1.29, 1.82) is 0 Å². The number of nitrogens with two attached hydrogens (primary N) is 1. The van der Waals surface area contributed by atoms with Crippen LogP contribution in [0.15, 0.2) is 0 Å². The Bertz CT molecular complexity index is 310. The quantitative estimate of drug-likeness (QED) is 0.640. The molecule has 0 saturated heterocycles. The number of nitrogens with one attached hydrogen (secondary N) is 1. The Morgan fingerprint density at radius 3 is 2.32 bits per heavy atom. The smallest absolute Gasteiger partial charge is 0.329 e. The van der Waals surface area contributed by atoms with Crippen LogP contribution in [-0.2, 0) is 9.59 Å². The maximum Gasteiger partial charge on any atom is 0.329 e. The Morgan fingerprint density at radius 2 is 1.84 bits per heavy atom. The highest BCUT2D eigenvalue weighted by molar-refractivity contribution is 5.88. The van der Waals surface area contributed by atoms with E-state index in [-0.39, 0.29) is 11.8 Å². The van der Waals surface area contributed by atoms with E-state index >= 15 is 0 Å². The van der Waals surface area contributed by atoms with E-state index in [1.54, 1.807) is 0 Å². The monoisotopic (exact) mass is 270 g/mol. The summed E-state index contributed by atoms with van der Waals surface area (Å²) in [6.07, 6.45) is 6.40. The molecule has 19 heavy (non-hydrogen) atoms. The molecule has 1 aliphatic rings. The molecule has 5 heteroatoms. The van der Waals surface area contributed by atoms with Crippen LogP contribution >= 0.6 is 0 Å². The van der Waals surface area contributed by atoms with Gasteiger partial charge in [0.1, 0.15) is 5.54 Å². The van der Waals surface area contributed by atoms with E-state index in [1.165, 1.54) is 0 Å². The molecule has 0 bridgehead atoms. The first-order valence-corrected chi connectivity index (χ1v) is 7.27. The second-order valence-electron chi connectivity index (χ2n) is 5.62. The summed E-state index contributed by atoms with van der Waals surface area (Å²) in [5, 5.41) is 12.3. The second kappa shape index (κ2) is 7.48. The lowest BCUT2D eigenvalue weighted by Gasteiger charge is -2.30. The minimum absolute atomic E-state index is 0.155. The third-order valence-electron chi connectivity index (χ3n) is 4.02. The number of rotatable bonds is 6. The molecular weight excluding hydrogens is 244 g/mol. The minimum Gasteiger partial charge on any atom is -0.480 e. The molecule has 1 fully saturated rings. The van der Waals surface area contributed by atoms with Gasteiger partial charge in [0.2, 0.25) is 5.91 Å². The molecule has 0 aromatic carbocycles. The van der Waals surface area contributed by atoms with Gasteiger partial charge in [-0.05, 0) is 32.2 Å². The summed E-state index contributed by atoms with van der Waals surface area (Å²) in [6.45, 7) is 2.39. The first-order valence-electron chi connectivity index (χ1n) is 7.27. The third-order valence-corrected chi connectivity index (χ3v) is 4.02. The van der Waals surface area contributed by atoms with E-state index in [0.717, 1.165) is 32.1 Å². The number of carbonyl (C=O) groups is 2. The molecule has 5 nitrogen and oxygen atoms in total. The molecule has 1 aliphatic carbocycles. The van der Waals surface area contributed by atoms with Gasteiger partial charge in [0.15, 0.2) is 0 Å². The zero-order chi connectivity index (χ0) is 14.3. The summed E-state index contributed by atoms with van der Waals surface area (Å²) in [5.41, 5.74) is 4.38. The van der Waals surface area contributed by atoms with Crippen LogP contribution in [-0.4, -0.2) is 29.1 Å². The summed E-state index contributed by atoms with van der Waals surface area (Å²) in [5.74, 6) is -1.23. The fourth-order valence-corrected chi connectivity index (χ4v) is 2.64. The molecule has 1 rings (SSSR count). The maximum atomic E-state index is 12.1. The van der Waals surface area contributed by atoms with E-state index in [0.29, 0.717) is 25.8 Å². The van der Waals surface area contributed by atoms with Gasteiger partial charge >= 0.3 is 5.97 Å². The van der Waals surface area contributed by atoms with Gasteiger partial charge in [-0.1, -0.05) is 32.6 Å². The van der Waals surface area contributed by atoms with Gasteiger partial charge < -0.3 is 16.2 Å². The average molecular weight is 270 g/mol. The van der Waals surface area contributed by atoms with Crippen LogP contribution < -0.4 is 11.1 Å². The largest absolute Gasteiger partial charge is 0.480 e. The van der Waals surface area contributed by atoms with Crippen LogP contribution in [0, 0.1) is 5.92 Å². The third kappa shape index (κ3) is 4.49. The number of aliphatic carboxylic acids is 1. The SMILES string of the molecule is CC(CCCN)C(=O)NC1(C(=O)O)CCCCCC1. The molecule has 1 amide bonds. The summed E-state index contributed by atoms with van der Waals surface area (Å²) < 4.78 is 0. The van der Waals surface area contributed by atoms with Crippen molar-refractivity contribution in [2.45, 2.75) is 63.8 Å². The fourth-order valence-electron chi connectivity index (χ4n) is 2.64. The van der Waals surface area contributed by atoms with E-state index < -0.39 is 11.5 Å². The lowest BCUT2D eigenvalue weighted by Crippen LogP contribution is -2.55. The Hall–Kier alpha value is -1.10. The van der Waals surface area contributed by atoms with Crippen LogP contribution in [0.3, 0.4) is 0 Å². The normalized spacial score (nSPS) is 20.3. The van der Waals surface area contributed by atoms with Crippen LogP contribution in [0.5, 0.6) is 0 Å². The number of carbonyl (C=O) groups excluding carboxylic acids is 1. The van der Waals surface area contributed by atoms with Crippen molar-refractivity contribution in [3.8, 4) is 0 Å². The average Bonchev–Trinajstić information content (AvgIpc) is 2.62. The predicted molar refractivity (Wildman–Crippen MR) is 73.7 cm³/mol. The van der Waals surface area contributed by atoms with Crippen molar-refractivity contribution < 1.29 is 14.7 Å². The van der Waals surface area contributed by atoms with E-state index in [9.17, 15) is 14.7 Å². The van der Waals surface area contributed by atoms with Gasteiger partial charge in [-0.25, -0.2) is 4.79 Å². The van der Waals surface area contributed by atoms with Crippen LogP contribution in [0.25, 0.3) is 0 Å². The highest BCUT2D eigenvalue weighted by Crippen LogP contribution is 2.28. The summed E-state index contributed by atoms with van der Waals surface area (Å²) in [7, 11) is 0. The van der Waals surface area contributed by atoms with Crippen molar-refractivity contribution in [1.82, 2.24) is 5.32 Å². The zero-order valence-corrected chi connectivity index (χ0v) is 11.8. The van der Waals surface area contributed by atoms with E-state index in [1.807, 2.05) is 6.92 Å². The molecule has 0 aliphatic heterocycles. The highest BCUT2D eigenvalue weighted by Gasteiger charge is 2.40. The van der Waals surface area contributed by atoms with Gasteiger partial charge in [0, 0.05) is 5.92 Å². The van der Waals surface area contributed by atoms with Crippen molar-refractivity contribution in [3.63, 3.8) is 0 Å². The van der Waals surface area contributed by atoms with Crippen molar-refractivity contribution in [2.75, 3.05) is 6.54 Å². The van der Waals surface area contributed by atoms with Crippen molar-refractivity contribution in [2.24, 2.45) is 11.7 Å². The number of hydrogen-bond acceptors (Lipinski definition) is 3. The molecule has 1 unspecified atom stereocenters. The van der Waals surface area contributed by atoms with Gasteiger partial charge in [-0.15, -0.1) is 0 Å². The van der Waals surface area contributed by atoms with Gasteiger partial charge in [0.05, 0.1) is 0 Å². The molecule has 0 aromatic rings. The Kier molecular flexibility index (Phi) is 6.28. The minimum atomic E-state index is -1.05. The fraction of sp³-hybridized carbons (Fsp3) is 0.857. The Balaban J connectivity index is 2.67. The zero-order valence-electron chi connectivity index (χ0n) is 11.8. The summed E-state index contributed by atoms with van der Waals surface area (Å²) in [4.78, 5) is 23.7. The maximum absolute atomic E-state index is 12.1. The molecule has 0 spiro atoms. The van der Waals surface area contributed by atoms with Crippen LogP contribution in [0.1, 0.15) is 58.3 Å². The summed E-state index contributed by atoms with van der Waals surface area (Å²) >= 11 is 0. The number of amides is 1. The Labute approximate surface area is 114 Å². The molecule has 0 aromatic heterocycles. The topological polar surface area (TPSA) is 92.4 Å². The molecule has 1 saturated carbocycles. The number of hydrogen-bond donors (Lipinski definition) is 3. The van der Waals surface area contributed by atoms with Crippen molar-refractivity contribution >= 4 is 11.9 Å². The molecule has 0 radical (unpaired) electrons. The molecular formula is C14H26N2O3. The number of carboxylic acids is 1. The highest BCUT2D eigenvalue weighted by atomic mass is 16.4.